The van der Waals surface area contributed by atoms with Crippen LogP contribution in [0.15, 0.2) is 79.0 Å². The summed E-state index contributed by atoms with van der Waals surface area (Å²) in [6, 6.07) is 21.9. The molecule has 1 aromatic heterocycles. The van der Waals surface area contributed by atoms with E-state index in [1.165, 1.54) is 0 Å². The molecule has 0 bridgehead atoms. The molecule has 1 aliphatic rings. The number of nitrogens with zero attached hydrogens (tertiary/aromatic N) is 2. The minimum absolute atomic E-state index is 0.116. The van der Waals surface area contributed by atoms with E-state index in [1.807, 2.05) is 90.5 Å². The Morgan fingerprint density at radius 2 is 1.70 bits per heavy atom. The summed E-state index contributed by atoms with van der Waals surface area (Å²) in [4.78, 5) is 27.8. The molecule has 5 heteroatoms. The summed E-state index contributed by atoms with van der Waals surface area (Å²) in [5.74, 6) is -0.351. The molecular formula is C22H20N3O2+. The van der Waals surface area contributed by atoms with Gasteiger partial charge in [-0.05, 0) is 30.7 Å². The van der Waals surface area contributed by atoms with Crippen molar-refractivity contribution in [1.29, 1.82) is 0 Å². The Bertz CT molecular complexity index is 1000. The molecule has 27 heavy (non-hydrogen) atoms. The van der Waals surface area contributed by atoms with Crippen molar-refractivity contribution in [1.82, 2.24) is 0 Å². The fraction of sp³-hybridized carbons (Fsp3) is 0.136. The van der Waals surface area contributed by atoms with Gasteiger partial charge in [-0.1, -0.05) is 42.5 Å². The number of carbonyl (C=O) groups is 2. The van der Waals surface area contributed by atoms with E-state index in [4.69, 9.17) is 0 Å². The van der Waals surface area contributed by atoms with Crippen LogP contribution >= 0.6 is 0 Å². The zero-order chi connectivity index (χ0) is 18.8. The van der Waals surface area contributed by atoms with Crippen LogP contribution in [-0.2, 0) is 16.1 Å². The van der Waals surface area contributed by atoms with E-state index in [0.29, 0.717) is 5.69 Å². The summed E-state index contributed by atoms with van der Waals surface area (Å²) in [7, 11) is 0. The maximum absolute atomic E-state index is 13.3. The second-order valence-corrected chi connectivity index (χ2v) is 6.56. The van der Waals surface area contributed by atoms with Crippen LogP contribution in [0, 0.1) is 6.92 Å². The van der Waals surface area contributed by atoms with Crippen LogP contribution < -0.4 is 14.8 Å². The van der Waals surface area contributed by atoms with E-state index in [1.54, 1.807) is 4.90 Å². The molecule has 4 rings (SSSR count). The van der Waals surface area contributed by atoms with Gasteiger partial charge in [-0.25, -0.2) is 0 Å². The van der Waals surface area contributed by atoms with Crippen LogP contribution in [0.5, 0.6) is 0 Å². The van der Waals surface area contributed by atoms with Gasteiger partial charge in [-0.15, -0.1) is 0 Å². The number of amides is 2. The number of hydrogen-bond acceptors (Lipinski definition) is 2. The smallest absolute Gasteiger partial charge is 0.294 e. The minimum atomic E-state index is -0.741. The molecule has 2 aromatic carbocycles. The lowest BCUT2D eigenvalue weighted by Gasteiger charge is -2.32. The molecule has 0 radical (unpaired) electrons. The first-order chi connectivity index (χ1) is 13.1. The Morgan fingerprint density at radius 1 is 1.00 bits per heavy atom. The van der Waals surface area contributed by atoms with Crippen molar-refractivity contribution in [2.75, 3.05) is 10.2 Å². The normalized spacial score (nSPS) is 16.0. The topological polar surface area (TPSA) is 53.3 Å². The highest BCUT2D eigenvalue weighted by Crippen LogP contribution is 2.30. The first-order valence-electron chi connectivity index (χ1n) is 8.87. The summed E-state index contributed by atoms with van der Waals surface area (Å²) < 4.78 is 1.84. The summed E-state index contributed by atoms with van der Waals surface area (Å²) in [6.07, 6.45) is 1.84. The van der Waals surface area contributed by atoms with Crippen molar-refractivity contribution in [3.05, 3.63) is 90.3 Å². The van der Waals surface area contributed by atoms with Gasteiger partial charge in [-0.3, -0.25) is 14.5 Å². The van der Waals surface area contributed by atoms with Crippen molar-refractivity contribution in [3.8, 4) is 0 Å². The summed E-state index contributed by atoms with van der Waals surface area (Å²) in [6.45, 7) is 2.15. The highest BCUT2D eigenvalue weighted by Gasteiger charge is 2.43. The number of hydrogen-bond donors (Lipinski definition) is 1. The van der Waals surface area contributed by atoms with Gasteiger partial charge in [0.05, 0.1) is 0 Å². The van der Waals surface area contributed by atoms with E-state index in [9.17, 15) is 9.59 Å². The number of nitrogens with one attached hydrogen (secondary N) is 1. The van der Waals surface area contributed by atoms with Gasteiger partial charge in [0.2, 0.25) is 18.3 Å². The van der Waals surface area contributed by atoms with Crippen molar-refractivity contribution >= 4 is 23.2 Å². The lowest BCUT2D eigenvalue weighted by atomic mass is 10.0. The Balaban J connectivity index is 1.78. The number of aryl methyl sites for hydroxylation is 1. The van der Waals surface area contributed by atoms with Crippen LogP contribution in [0.25, 0.3) is 0 Å². The molecule has 2 amide bonds. The van der Waals surface area contributed by atoms with Crippen LogP contribution in [0.3, 0.4) is 0 Å². The molecule has 1 unspecified atom stereocenters. The van der Waals surface area contributed by atoms with Gasteiger partial charge in [0.1, 0.15) is 0 Å². The highest BCUT2D eigenvalue weighted by atomic mass is 16.2. The van der Waals surface area contributed by atoms with E-state index < -0.39 is 6.04 Å². The number of pyridine rings is 1. The summed E-state index contributed by atoms with van der Waals surface area (Å²) in [5.41, 5.74) is 3.21. The maximum Gasteiger partial charge on any atom is 0.294 e. The highest BCUT2D eigenvalue weighted by molar-refractivity contribution is 6.05. The molecule has 1 atom stereocenters. The number of fused-ring (bicyclic) bond motifs is 1. The molecule has 0 aliphatic carbocycles. The fourth-order valence-electron chi connectivity index (χ4n) is 3.43. The van der Waals surface area contributed by atoms with Gasteiger partial charge in [0, 0.05) is 23.5 Å². The number of para-hydroxylation sites is 2. The zero-order valence-corrected chi connectivity index (χ0v) is 15.0. The average Bonchev–Trinajstić information content (AvgIpc) is 2.69. The molecule has 0 saturated heterocycles. The summed E-state index contributed by atoms with van der Waals surface area (Å²) >= 11 is 0. The number of anilines is 2. The number of carbonyl (C=O) groups excluding carboxylic acids is 2. The monoisotopic (exact) mass is 358 g/mol. The maximum atomic E-state index is 13.3. The van der Waals surface area contributed by atoms with Crippen LogP contribution in [0.2, 0.25) is 0 Å². The van der Waals surface area contributed by atoms with E-state index >= 15 is 0 Å². The summed E-state index contributed by atoms with van der Waals surface area (Å²) in [5, 5.41) is 2.99. The second kappa shape index (κ2) is 7.03. The molecule has 2 heterocycles. The van der Waals surface area contributed by atoms with Crippen molar-refractivity contribution in [2.24, 2.45) is 0 Å². The quantitative estimate of drug-likeness (QED) is 0.732. The predicted octanol–water partition coefficient (Wildman–Crippen LogP) is 3.01. The van der Waals surface area contributed by atoms with Crippen LogP contribution in [0.4, 0.5) is 11.4 Å². The Labute approximate surface area is 157 Å². The predicted molar refractivity (Wildman–Crippen MR) is 103 cm³/mol. The van der Waals surface area contributed by atoms with Crippen LogP contribution in [-0.4, -0.2) is 11.8 Å². The van der Waals surface area contributed by atoms with Gasteiger partial charge in [0.15, 0.2) is 6.20 Å². The molecule has 0 saturated carbocycles. The van der Waals surface area contributed by atoms with E-state index in [-0.39, 0.29) is 18.4 Å². The van der Waals surface area contributed by atoms with Crippen molar-refractivity contribution in [2.45, 2.75) is 19.5 Å². The third-order valence-corrected chi connectivity index (χ3v) is 4.77. The molecule has 1 aliphatic heterocycles. The Morgan fingerprint density at radius 3 is 2.48 bits per heavy atom. The molecule has 0 spiro atoms. The molecule has 5 nitrogen and oxygen atoms in total. The van der Waals surface area contributed by atoms with Gasteiger partial charge < -0.3 is 5.32 Å². The fourth-order valence-corrected chi connectivity index (χ4v) is 3.43. The van der Waals surface area contributed by atoms with Gasteiger partial charge in [0.25, 0.3) is 11.8 Å². The van der Waals surface area contributed by atoms with Crippen molar-refractivity contribution in [3.63, 3.8) is 0 Å². The first-order valence-corrected chi connectivity index (χ1v) is 8.87. The molecule has 0 fully saturated rings. The van der Waals surface area contributed by atoms with Crippen LogP contribution in [0.1, 0.15) is 17.3 Å². The average molecular weight is 358 g/mol. The lowest BCUT2D eigenvalue weighted by molar-refractivity contribution is -0.695. The number of aromatic nitrogens is 1. The SMILES string of the molecule is Cc1ccccc1NC(=O)C1c2cccc[n+]2CC(=O)N1c1ccccc1. The number of rotatable bonds is 3. The largest absolute Gasteiger partial charge is 0.324 e. The van der Waals surface area contributed by atoms with Crippen molar-refractivity contribution < 1.29 is 14.2 Å². The Kier molecular flexibility index (Phi) is 4.42. The molecule has 1 N–H and O–H groups in total. The van der Waals surface area contributed by atoms with E-state index in [2.05, 4.69) is 5.32 Å². The third kappa shape index (κ3) is 3.19. The zero-order valence-electron chi connectivity index (χ0n) is 15.0. The third-order valence-electron chi connectivity index (χ3n) is 4.77. The minimum Gasteiger partial charge on any atom is -0.324 e. The first kappa shape index (κ1) is 17.0. The van der Waals surface area contributed by atoms with Gasteiger partial charge in [-0.2, -0.15) is 4.57 Å². The molecular weight excluding hydrogens is 338 g/mol. The number of benzene rings is 2. The van der Waals surface area contributed by atoms with Gasteiger partial charge >= 0.3 is 0 Å². The Hall–Kier alpha value is -3.47. The second-order valence-electron chi connectivity index (χ2n) is 6.56. The standard InChI is InChI=1S/C22H19N3O2/c1-16-9-5-6-12-18(16)23-22(27)21-19-13-7-8-14-24(19)15-20(26)25(21)17-10-3-2-4-11-17/h2-14,21H,15H2,1H3/p+1. The molecule has 134 valence electrons. The van der Waals surface area contributed by atoms with E-state index in [0.717, 1.165) is 16.9 Å². The lowest BCUT2D eigenvalue weighted by Crippen LogP contribution is -2.58. The molecule has 3 aromatic rings.